The Morgan fingerprint density at radius 2 is 2.05 bits per heavy atom. The number of hydrogen-bond donors (Lipinski definition) is 2. The Morgan fingerprint density at radius 3 is 2.60 bits per heavy atom. The second-order valence-electron chi connectivity index (χ2n) is 3.92. The first-order valence-corrected chi connectivity index (χ1v) is 8.20. The lowest BCUT2D eigenvalue weighted by atomic mass is 10.2. The molecule has 0 unspecified atom stereocenters. The second kappa shape index (κ2) is 6.09. The molecule has 0 saturated heterocycles. The van der Waals surface area contributed by atoms with E-state index in [4.69, 9.17) is 17.3 Å². The quantitative estimate of drug-likeness (QED) is 0.859. The van der Waals surface area contributed by atoms with Gasteiger partial charge in [0, 0.05) is 22.2 Å². The van der Waals surface area contributed by atoms with Crippen molar-refractivity contribution in [3.05, 3.63) is 51.6 Å². The third kappa shape index (κ3) is 3.49. The molecule has 8 heteroatoms. The molecule has 0 amide bonds. The van der Waals surface area contributed by atoms with E-state index in [1.807, 2.05) is 0 Å². The van der Waals surface area contributed by atoms with Crippen molar-refractivity contribution in [1.82, 2.24) is 4.98 Å². The summed E-state index contributed by atoms with van der Waals surface area (Å²) in [7, 11) is -3.73. The van der Waals surface area contributed by atoms with Gasteiger partial charge < -0.3 is 5.73 Å². The van der Waals surface area contributed by atoms with Crippen LogP contribution < -0.4 is 10.5 Å². The van der Waals surface area contributed by atoms with Gasteiger partial charge in [0.15, 0.2) is 0 Å². The van der Waals surface area contributed by atoms with Crippen LogP contribution in [-0.2, 0) is 16.6 Å². The fourth-order valence-corrected chi connectivity index (χ4v) is 3.08. The Kier molecular flexibility index (Phi) is 4.64. The third-order valence-electron chi connectivity index (χ3n) is 2.52. The minimum Gasteiger partial charge on any atom is -0.326 e. The maximum absolute atomic E-state index is 12.2. The highest BCUT2D eigenvalue weighted by Crippen LogP contribution is 2.22. The van der Waals surface area contributed by atoms with Crippen LogP contribution in [0.3, 0.4) is 0 Å². The van der Waals surface area contributed by atoms with Crippen molar-refractivity contribution in [2.24, 2.45) is 5.73 Å². The number of nitrogens with zero attached hydrogens (tertiary/aromatic N) is 1. The molecular formula is C12H11BrClN3O2S. The lowest BCUT2D eigenvalue weighted by Gasteiger charge is -2.09. The summed E-state index contributed by atoms with van der Waals surface area (Å²) in [5, 5.41) is 0.319. The van der Waals surface area contributed by atoms with Gasteiger partial charge in [-0.3, -0.25) is 4.72 Å². The molecule has 0 bridgehead atoms. The molecule has 1 aromatic heterocycles. The van der Waals surface area contributed by atoms with E-state index in [1.165, 1.54) is 18.3 Å². The summed E-state index contributed by atoms with van der Waals surface area (Å²) in [4.78, 5) is 4.01. The molecule has 0 radical (unpaired) electrons. The van der Waals surface area contributed by atoms with Crippen LogP contribution in [0.4, 0.5) is 5.82 Å². The molecule has 0 aliphatic heterocycles. The Balaban J connectivity index is 2.30. The summed E-state index contributed by atoms with van der Waals surface area (Å²) in [6, 6.07) is 7.65. The summed E-state index contributed by atoms with van der Waals surface area (Å²) in [5.74, 6) is 0.229. The molecule has 2 rings (SSSR count). The van der Waals surface area contributed by atoms with E-state index in [9.17, 15) is 8.42 Å². The van der Waals surface area contributed by atoms with Crippen LogP contribution in [0, 0.1) is 0 Å². The Morgan fingerprint density at radius 1 is 1.30 bits per heavy atom. The molecule has 2 aromatic rings. The summed E-state index contributed by atoms with van der Waals surface area (Å²) in [5.41, 5.74) is 6.17. The summed E-state index contributed by atoms with van der Waals surface area (Å²) in [6.45, 7) is 0.251. The third-order valence-corrected chi connectivity index (χ3v) is 4.69. The van der Waals surface area contributed by atoms with Crippen LogP contribution in [0.1, 0.15) is 5.56 Å². The number of rotatable bonds is 4. The van der Waals surface area contributed by atoms with E-state index in [2.05, 4.69) is 25.6 Å². The molecule has 106 valence electrons. The second-order valence-corrected chi connectivity index (χ2v) is 6.93. The number of aromatic nitrogens is 1. The van der Waals surface area contributed by atoms with Crippen LogP contribution >= 0.6 is 27.5 Å². The largest absolute Gasteiger partial charge is 0.326 e. The Labute approximate surface area is 130 Å². The number of anilines is 1. The summed E-state index contributed by atoms with van der Waals surface area (Å²) in [6.07, 6.45) is 1.50. The normalized spacial score (nSPS) is 11.3. The van der Waals surface area contributed by atoms with E-state index in [0.29, 0.717) is 10.6 Å². The molecule has 0 aliphatic rings. The van der Waals surface area contributed by atoms with Gasteiger partial charge in [0.1, 0.15) is 5.82 Å². The molecular weight excluding hydrogens is 366 g/mol. The van der Waals surface area contributed by atoms with Crippen molar-refractivity contribution >= 4 is 43.4 Å². The van der Waals surface area contributed by atoms with E-state index in [1.54, 1.807) is 18.2 Å². The number of pyridine rings is 1. The van der Waals surface area contributed by atoms with Crippen molar-refractivity contribution in [1.29, 1.82) is 0 Å². The van der Waals surface area contributed by atoms with E-state index in [-0.39, 0.29) is 17.3 Å². The number of halogens is 2. The number of hydrogen-bond acceptors (Lipinski definition) is 4. The first-order chi connectivity index (χ1) is 9.42. The summed E-state index contributed by atoms with van der Waals surface area (Å²) < 4.78 is 27.5. The predicted molar refractivity (Wildman–Crippen MR) is 82.1 cm³/mol. The highest BCUT2D eigenvalue weighted by molar-refractivity contribution is 9.10. The minimum absolute atomic E-state index is 0.0596. The van der Waals surface area contributed by atoms with Crippen molar-refractivity contribution in [2.45, 2.75) is 11.4 Å². The fourth-order valence-electron chi connectivity index (χ4n) is 1.49. The summed E-state index contributed by atoms with van der Waals surface area (Å²) >= 11 is 9.19. The van der Waals surface area contributed by atoms with Gasteiger partial charge in [0.25, 0.3) is 10.0 Å². The average Bonchev–Trinajstić information content (AvgIpc) is 2.41. The highest BCUT2D eigenvalue weighted by Gasteiger charge is 2.16. The van der Waals surface area contributed by atoms with Crippen LogP contribution in [-0.4, -0.2) is 13.4 Å². The van der Waals surface area contributed by atoms with Crippen LogP contribution in [0.2, 0.25) is 5.02 Å². The highest BCUT2D eigenvalue weighted by atomic mass is 79.9. The lowest BCUT2D eigenvalue weighted by molar-refractivity contribution is 0.601. The zero-order valence-electron chi connectivity index (χ0n) is 10.2. The standard InChI is InChI=1S/C12H11BrClN3O2S/c13-9-2-4-12(16-7-9)17-20(18,19)10-3-1-8(6-15)11(14)5-10/h1-5,7H,6,15H2,(H,16,17). The van der Waals surface area contributed by atoms with Gasteiger partial charge in [-0.2, -0.15) is 0 Å². The van der Waals surface area contributed by atoms with Gasteiger partial charge in [-0.25, -0.2) is 13.4 Å². The van der Waals surface area contributed by atoms with Crippen LogP contribution in [0.25, 0.3) is 0 Å². The minimum atomic E-state index is -3.73. The molecule has 20 heavy (non-hydrogen) atoms. The fraction of sp³-hybridized carbons (Fsp3) is 0.0833. The molecule has 1 aromatic carbocycles. The van der Waals surface area contributed by atoms with Crippen molar-refractivity contribution in [3.8, 4) is 0 Å². The maximum Gasteiger partial charge on any atom is 0.263 e. The monoisotopic (exact) mass is 375 g/mol. The van der Waals surface area contributed by atoms with E-state index >= 15 is 0 Å². The number of sulfonamides is 1. The zero-order chi connectivity index (χ0) is 14.8. The topological polar surface area (TPSA) is 85.1 Å². The maximum atomic E-state index is 12.2. The first kappa shape index (κ1) is 15.2. The van der Waals surface area contributed by atoms with Crippen LogP contribution in [0.15, 0.2) is 45.9 Å². The average molecular weight is 377 g/mol. The number of nitrogens with two attached hydrogens (primary N) is 1. The SMILES string of the molecule is NCc1ccc(S(=O)(=O)Nc2ccc(Br)cn2)cc1Cl. The molecule has 0 saturated carbocycles. The van der Waals surface area contributed by atoms with Gasteiger partial charge in [0.2, 0.25) is 0 Å². The van der Waals surface area contributed by atoms with Gasteiger partial charge >= 0.3 is 0 Å². The molecule has 0 fully saturated rings. The van der Waals surface area contributed by atoms with Crippen molar-refractivity contribution in [2.75, 3.05) is 4.72 Å². The van der Waals surface area contributed by atoms with E-state index < -0.39 is 10.0 Å². The number of benzene rings is 1. The van der Waals surface area contributed by atoms with Gasteiger partial charge in [0.05, 0.1) is 4.90 Å². The zero-order valence-corrected chi connectivity index (χ0v) is 13.3. The predicted octanol–water partition coefficient (Wildman–Crippen LogP) is 2.76. The van der Waals surface area contributed by atoms with Crippen molar-refractivity contribution in [3.63, 3.8) is 0 Å². The Bertz CT molecular complexity index is 720. The molecule has 3 N–H and O–H groups in total. The van der Waals surface area contributed by atoms with Gasteiger partial charge in [-0.15, -0.1) is 0 Å². The molecule has 0 atom stereocenters. The lowest BCUT2D eigenvalue weighted by Crippen LogP contribution is -2.14. The molecule has 0 aliphatic carbocycles. The number of nitrogens with one attached hydrogen (secondary N) is 1. The van der Waals surface area contributed by atoms with Gasteiger partial charge in [-0.05, 0) is 45.8 Å². The Hall–Kier alpha value is -1.15. The smallest absolute Gasteiger partial charge is 0.263 e. The molecule has 5 nitrogen and oxygen atoms in total. The van der Waals surface area contributed by atoms with Crippen LogP contribution in [0.5, 0.6) is 0 Å². The van der Waals surface area contributed by atoms with Crippen molar-refractivity contribution < 1.29 is 8.42 Å². The van der Waals surface area contributed by atoms with E-state index in [0.717, 1.165) is 4.47 Å². The molecule has 0 spiro atoms. The van der Waals surface area contributed by atoms with Gasteiger partial charge in [-0.1, -0.05) is 17.7 Å². The first-order valence-electron chi connectivity index (χ1n) is 5.55. The molecule has 1 heterocycles.